The molecule has 2 aliphatic heterocycles. The lowest BCUT2D eigenvalue weighted by Crippen LogP contribution is -2.51. The molecule has 1 amide bonds. The minimum Gasteiger partial charge on any atom is -0.497 e. The minimum absolute atomic E-state index is 0.202. The number of carbonyl (C=O) groups is 2. The number of rotatable bonds is 5. The van der Waals surface area contributed by atoms with E-state index in [0.717, 1.165) is 24.2 Å². The van der Waals surface area contributed by atoms with Crippen molar-refractivity contribution in [2.75, 3.05) is 26.9 Å². The lowest BCUT2D eigenvalue weighted by atomic mass is 9.91. The van der Waals surface area contributed by atoms with Gasteiger partial charge in [-0.2, -0.15) is 0 Å². The highest BCUT2D eigenvalue weighted by Crippen LogP contribution is 2.31. The average molecular weight is 349 g/mol. The summed E-state index contributed by atoms with van der Waals surface area (Å²) in [5.74, 6) is -0.515. The van der Waals surface area contributed by atoms with E-state index >= 15 is 0 Å². The Balaban J connectivity index is 1.66. The Morgan fingerprint density at radius 3 is 2.88 bits per heavy atom. The maximum Gasteiger partial charge on any atom is 0.326 e. The second-order valence-corrected chi connectivity index (χ2v) is 6.49. The van der Waals surface area contributed by atoms with Gasteiger partial charge in [-0.25, -0.2) is 4.79 Å². The fraction of sp³-hybridized carbons (Fsp3) is 0.556. The van der Waals surface area contributed by atoms with E-state index in [2.05, 4.69) is 5.32 Å². The number of carbonyl (C=O) groups excluding carboxylic acids is 1. The molecule has 2 heterocycles. The van der Waals surface area contributed by atoms with Crippen molar-refractivity contribution >= 4 is 11.9 Å². The lowest BCUT2D eigenvalue weighted by molar-refractivity contribution is -0.146. The highest BCUT2D eigenvalue weighted by Gasteiger charge is 2.34. The first-order valence-electron chi connectivity index (χ1n) is 8.49. The number of hydrogen-bond acceptors (Lipinski definition) is 5. The number of nitrogens with one attached hydrogen (secondary N) is 1. The van der Waals surface area contributed by atoms with Gasteiger partial charge in [-0.3, -0.25) is 4.79 Å². The summed E-state index contributed by atoms with van der Waals surface area (Å²) in [5.41, 5.74) is 0.888. The molecule has 3 unspecified atom stereocenters. The summed E-state index contributed by atoms with van der Waals surface area (Å²) in [5, 5.41) is 12.2. The highest BCUT2D eigenvalue weighted by molar-refractivity contribution is 5.85. The van der Waals surface area contributed by atoms with E-state index in [9.17, 15) is 14.7 Å². The van der Waals surface area contributed by atoms with Gasteiger partial charge < -0.3 is 24.6 Å². The van der Waals surface area contributed by atoms with Gasteiger partial charge in [-0.05, 0) is 43.0 Å². The van der Waals surface area contributed by atoms with Crippen molar-refractivity contribution in [2.45, 2.75) is 25.3 Å². The van der Waals surface area contributed by atoms with Gasteiger partial charge in [0.25, 0.3) is 0 Å². The largest absolute Gasteiger partial charge is 0.497 e. The maximum absolute atomic E-state index is 12.6. The SMILES string of the molecule is COc1ccc2c(c1)CC(C(=O)NC(C(=O)O)C1CCCOC1)CO2. The van der Waals surface area contributed by atoms with Gasteiger partial charge in [-0.15, -0.1) is 0 Å². The first-order chi connectivity index (χ1) is 12.1. The minimum atomic E-state index is -1.03. The Bertz CT molecular complexity index is 640. The van der Waals surface area contributed by atoms with Crippen molar-refractivity contribution < 1.29 is 28.9 Å². The molecule has 136 valence electrons. The maximum atomic E-state index is 12.6. The Labute approximate surface area is 146 Å². The van der Waals surface area contributed by atoms with Gasteiger partial charge in [0.2, 0.25) is 5.91 Å². The molecule has 1 saturated heterocycles. The smallest absolute Gasteiger partial charge is 0.326 e. The molecule has 2 N–H and O–H groups in total. The van der Waals surface area contributed by atoms with Crippen LogP contribution in [0.4, 0.5) is 0 Å². The van der Waals surface area contributed by atoms with Crippen LogP contribution in [0.1, 0.15) is 18.4 Å². The summed E-state index contributed by atoms with van der Waals surface area (Å²) >= 11 is 0. The molecule has 0 bridgehead atoms. The van der Waals surface area contributed by atoms with Crippen LogP contribution in [-0.4, -0.2) is 50.0 Å². The molecule has 25 heavy (non-hydrogen) atoms. The Morgan fingerprint density at radius 1 is 1.36 bits per heavy atom. The normalized spacial score (nSPS) is 23.7. The van der Waals surface area contributed by atoms with Gasteiger partial charge in [0.15, 0.2) is 0 Å². The van der Waals surface area contributed by atoms with Crippen LogP contribution in [0, 0.1) is 11.8 Å². The zero-order chi connectivity index (χ0) is 17.8. The van der Waals surface area contributed by atoms with Gasteiger partial charge in [0.1, 0.15) is 24.1 Å². The van der Waals surface area contributed by atoms with E-state index in [1.54, 1.807) is 7.11 Å². The van der Waals surface area contributed by atoms with Crippen molar-refractivity contribution in [2.24, 2.45) is 11.8 Å². The van der Waals surface area contributed by atoms with E-state index in [1.807, 2.05) is 18.2 Å². The third-order valence-corrected chi connectivity index (χ3v) is 4.78. The number of fused-ring (bicyclic) bond motifs is 1. The molecule has 1 fully saturated rings. The zero-order valence-corrected chi connectivity index (χ0v) is 14.2. The number of amides is 1. The molecule has 0 saturated carbocycles. The molecule has 2 aliphatic rings. The molecule has 0 aromatic heterocycles. The second-order valence-electron chi connectivity index (χ2n) is 6.49. The number of hydrogen-bond donors (Lipinski definition) is 2. The number of aliphatic carboxylic acids is 1. The predicted molar refractivity (Wildman–Crippen MR) is 88.8 cm³/mol. The number of benzene rings is 1. The lowest BCUT2D eigenvalue weighted by Gasteiger charge is -2.30. The molecule has 0 radical (unpaired) electrons. The third-order valence-electron chi connectivity index (χ3n) is 4.78. The molecule has 3 atom stereocenters. The zero-order valence-electron chi connectivity index (χ0n) is 14.2. The molecule has 7 nitrogen and oxygen atoms in total. The summed E-state index contributed by atoms with van der Waals surface area (Å²) in [6.45, 7) is 1.24. The first-order valence-corrected chi connectivity index (χ1v) is 8.49. The van der Waals surface area contributed by atoms with Crippen LogP contribution in [0.15, 0.2) is 18.2 Å². The molecular weight excluding hydrogens is 326 g/mol. The topological polar surface area (TPSA) is 94.1 Å². The van der Waals surface area contributed by atoms with E-state index in [1.165, 1.54) is 0 Å². The van der Waals surface area contributed by atoms with Crippen LogP contribution in [0.2, 0.25) is 0 Å². The molecular formula is C18H23NO6. The number of methoxy groups -OCH3 is 1. The predicted octanol–water partition coefficient (Wildman–Crippen LogP) is 1.24. The molecule has 7 heteroatoms. The standard InChI is InChI=1S/C18H23NO6/c1-23-14-4-5-15-12(8-14)7-13(10-25-15)17(20)19-16(18(21)22)11-3-2-6-24-9-11/h4-5,8,11,13,16H,2-3,6-7,9-10H2,1H3,(H,19,20)(H,21,22). The van der Waals surface area contributed by atoms with Crippen molar-refractivity contribution in [3.8, 4) is 11.5 Å². The van der Waals surface area contributed by atoms with Crippen molar-refractivity contribution in [1.82, 2.24) is 5.32 Å². The van der Waals surface area contributed by atoms with Crippen molar-refractivity contribution in [3.63, 3.8) is 0 Å². The first kappa shape index (κ1) is 17.5. The summed E-state index contributed by atoms with van der Waals surface area (Å²) < 4.78 is 16.2. The molecule has 3 rings (SSSR count). The van der Waals surface area contributed by atoms with E-state index in [-0.39, 0.29) is 18.4 Å². The van der Waals surface area contributed by atoms with E-state index in [4.69, 9.17) is 14.2 Å². The molecule has 0 spiro atoms. The monoisotopic (exact) mass is 349 g/mol. The van der Waals surface area contributed by atoms with Crippen LogP contribution in [0.25, 0.3) is 0 Å². The van der Waals surface area contributed by atoms with E-state index in [0.29, 0.717) is 25.4 Å². The van der Waals surface area contributed by atoms with Crippen molar-refractivity contribution in [1.29, 1.82) is 0 Å². The number of carboxylic acid groups (broad SMARTS) is 1. The van der Waals surface area contributed by atoms with Gasteiger partial charge >= 0.3 is 5.97 Å². The summed E-state index contributed by atoms with van der Waals surface area (Å²) in [6.07, 6.45) is 2.04. The summed E-state index contributed by atoms with van der Waals surface area (Å²) in [6, 6.07) is 4.54. The van der Waals surface area contributed by atoms with Crippen LogP contribution >= 0.6 is 0 Å². The molecule has 0 aliphatic carbocycles. The average Bonchev–Trinajstić information content (AvgIpc) is 2.65. The Hall–Kier alpha value is -2.28. The fourth-order valence-electron chi connectivity index (χ4n) is 3.35. The fourth-order valence-corrected chi connectivity index (χ4v) is 3.35. The molecule has 1 aromatic rings. The highest BCUT2D eigenvalue weighted by atomic mass is 16.5. The van der Waals surface area contributed by atoms with E-state index < -0.39 is 17.9 Å². The summed E-state index contributed by atoms with van der Waals surface area (Å²) in [4.78, 5) is 24.2. The third kappa shape index (κ3) is 4.04. The summed E-state index contributed by atoms with van der Waals surface area (Å²) in [7, 11) is 1.58. The second kappa shape index (κ2) is 7.74. The molecule has 1 aromatic carbocycles. The Kier molecular flexibility index (Phi) is 5.43. The van der Waals surface area contributed by atoms with Gasteiger partial charge in [0, 0.05) is 12.5 Å². The van der Waals surface area contributed by atoms with Gasteiger partial charge in [0.05, 0.1) is 19.6 Å². The quantitative estimate of drug-likeness (QED) is 0.831. The number of ether oxygens (including phenoxy) is 3. The van der Waals surface area contributed by atoms with Crippen LogP contribution in [0.5, 0.6) is 11.5 Å². The van der Waals surface area contributed by atoms with Crippen LogP contribution in [0.3, 0.4) is 0 Å². The van der Waals surface area contributed by atoms with Crippen molar-refractivity contribution in [3.05, 3.63) is 23.8 Å². The van der Waals surface area contributed by atoms with Crippen LogP contribution < -0.4 is 14.8 Å². The van der Waals surface area contributed by atoms with Gasteiger partial charge in [-0.1, -0.05) is 0 Å². The Morgan fingerprint density at radius 2 is 2.20 bits per heavy atom. The van der Waals surface area contributed by atoms with Crippen LogP contribution in [-0.2, 0) is 20.7 Å². The number of carboxylic acids is 1.